The van der Waals surface area contributed by atoms with E-state index in [1.54, 1.807) is 48.5 Å². The topological polar surface area (TPSA) is 68.3 Å². The minimum absolute atomic E-state index is 0.121. The molecule has 0 fully saturated rings. The Labute approximate surface area is 139 Å². The van der Waals surface area contributed by atoms with Crippen LogP contribution in [-0.2, 0) is 9.59 Å². The lowest BCUT2D eigenvalue weighted by molar-refractivity contribution is -0.113. The van der Waals surface area contributed by atoms with Gasteiger partial charge in [-0.05, 0) is 24.3 Å². The summed E-state index contributed by atoms with van der Waals surface area (Å²) in [4.78, 5) is 44.2. The highest BCUT2D eigenvalue weighted by atomic mass is 16.2. The largest absolute Gasteiger partial charge is 0.290 e. The van der Waals surface area contributed by atoms with Crippen LogP contribution in [0.5, 0.6) is 0 Å². The SMILES string of the molecule is O=C(C(=O)c1ccccc1)c1ccccc1.O=C1C=CC(=O)C=C1. The molecule has 0 saturated heterocycles. The zero-order valence-electron chi connectivity index (χ0n) is 12.7. The molecule has 2 aromatic rings. The first-order valence-electron chi connectivity index (χ1n) is 7.21. The maximum absolute atomic E-state index is 11.8. The van der Waals surface area contributed by atoms with E-state index < -0.39 is 11.6 Å². The molecule has 0 aromatic heterocycles. The molecule has 1 aliphatic carbocycles. The van der Waals surface area contributed by atoms with Crippen LogP contribution >= 0.6 is 0 Å². The monoisotopic (exact) mass is 318 g/mol. The van der Waals surface area contributed by atoms with Crippen molar-refractivity contribution in [1.82, 2.24) is 0 Å². The van der Waals surface area contributed by atoms with Gasteiger partial charge in [-0.2, -0.15) is 0 Å². The number of benzene rings is 2. The average Bonchev–Trinajstić information content (AvgIpc) is 2.65. The molecule has 4 nitrogen and oxygen atoms in total. The van der Waals surface area contributed by atoms with Crippen molar-refractivity contribution in [1.29, 1.82) is 0 Å². The molecule has 0 amide bonds. The number of allylic oxidation sites excluding steroid dienone is 4. The lowest BCUT2D eigenvalue weighted by Crippen LogP contribution is -2.14. The number of Topliss-reactive ketones (excluding diaryl/α,β-unsaturated/α-hetero) is 2. The van der Waals surface area contributed by atoms with Crippen LogP contribution in [0.2, 0.25) is 0 Å². The highest BCUT2D eigenvalue weighted by Crippen LogP contribution is 2.07. The Kier molecular flexibility index (Phi) is 5.86. The average molecular weight is 318 g/mol. The first-order valence-corrected chi connectivity index (χ1v) is 7.21. The van der Waals surface area contributed by atoms with Crippen LogP contribution in [0.25, 0.3) is 0 Å². The molecule has 1 aliphatic rings. The molecule has 0 saturated carbocycles. The van der Waals surface area contributed by atoms with Gasteiger partial charge in [-0.3, -0.25) is 19.2 Å². The van der Waals surface area contributed by atoms with Crippen LogP contribution in [0.4, 0.5) is 0 Å². The second kappa shape index (κ2) is 8.29. The van der Waals surface area contributed by atoms with E-state index in [0.29, 0.717) is 11.1 Å². The third-order valence-corrected chi connectivity index (χ3v) is 3.10. The highest BCUT2D eigenvalue weighted by molar-refractivity contribution is 6.49. The summed E-state index contributed by atoms with van der Waals surface area (Å²) in [7, 11) is 0. The Morgan fingerprint density at radius 3 is 1.08 bits per heavy atom. The third kappa shape index (κ3) is 4.81. The summed E-state index contributed by atoms with van der Waals surface area (Å²) in [6, 6.07) is 17.2. The molecule has 0 radical (unpaired) electrons. The minimum atomic E-state index is -0.466. The van der Waals surface area contributed by atoms with Gasteiger partial charge in [0, 0.05) is 11.1 Å². The number of rotatable bonds is 3. The quantitative estimate of drug-likeness (QED) is 0.495. The fourth-order valence-electron chi connectivity index (χ4n) is 1.88. The van der Waals surface area contributed by atoms with E-state index in [2.05, 4.69) is 0 Å². The Bertz CT molecular complexity index is 728. The van der Waals surface area contributed by atoms with Crippen molar-refractivity contribution in [2.24, 2.45) is 0 Å². The van der Waals surface area contributed by atoms with Crippen molar-refractivity contribution in [3.8, 4) is 0 Å². The van der Waals surface area contributed by atoms with Gasteiger partial charge in [0.1, 0.15) is 0 Å². The smallest absolute Gasteiger partial charge is 0.233 e. The number of hydrogen-bond donors (Lipinski definition) is 0. The summed E-state index contributed by atoms with van der Waals surface area (Å²) in [5, 5.41) is 0. The van der Waals surface area contributed by atoms with Crippen LogP contribution in [0.1, 0.15) is 20.7 Å². The molecule has 0 bridgehead atoms. The van der Waals surface area contributed by atoms with E-state index in [1.165, 1.54) is 24.3 Å². The molecule has 3 rings (SSSR count). The lowest BCUT2D eigenvalue weighted by Gasteiger charge is -1.99. The van der Waals surface area contributed by atoms with E-state index in [1.807, 2.05) is 12.1 Å². The minimum Gasteiger partial charge on any atom is -0.290 e. The Balaban J connectivity index is 0.000000219. The van der Waals surface area contributed by atoms with Crippen molar-refractivity contribution >= 4 is 23.1 Å². The highest BCUT2D eigenvalue weighted by Gasteiger charge is 2.17. The molecular weight excluding hydrogens is 304 g/mol. The van der Waals surface area contributed by atoms with E-state index in [9.17, 15) is 19.2 Å². The zero-order valence-corrected chi connectivity index (χ0v) is 12.7. The van der Waals surface area contributed by atoms with Gasteiger partial charge in [-0.25, -0.2) is 0 Å². The van der Waals surface area contributed by atoms with Crippen LogP contribution in [0, 0.1) is 0 Å². The number of ketones is 4. The zero-order chi connectivity index (χ0) is 17.4. The first kappa shape index (κ1) is 17.0. The van der Waals surface area contributed by atoms with Crippen molar-refractivity contribution in [3.05, 3.63) is 96.1 Å². The lowest BCUT2D eigenvalue weighted by atomic mass is 10.0. The summed E-state index contributed by atoms with van der Waals surface area (Å²) in [6.07, 6.45) is 5.01. The van der Waals surface area contributed by atoms with Crippen LogP contribution in [0.3, 0.4) is 0 Å². The van der Waals surface area contributed by atoms with E-state index in [4.69, 9.17) is 0 Å². The van der Waals surface area contributed by atoms with Crippen molar-refractivity contribution in [2.75, 3.05) is 0 Å². The Morgan fingerprint density at radius 2 is 0.792 bits per heavy atom. The van der Waals surface area contributed by atoms with Gasteiger partial charge < -0.3 is 0 Å². The molecule has 0 aliphatic heterocycles. The number of carbonyl (C=O) groups excluding carboxylic acids is 4. The molecule has 0 unspecified atom stereocenters. The van der Waals surface area contributed by atoms with Gasteiger partial charge >= 0.3 is 0 Å². The van der Waals surface area contributed by atoms with Crippen LogP contribution < -0.4 is 0 Å². The summed E-state index contributed by atoms with van der Waals surface area (Å²) in [5.41, 5.74) is 0.854. The standard InChI is InChI=1S/C14H10O2.C6H4O2/c15-13(11-7-3-1-4-8-11)14(16)12-9-5-2-6-10-12;7-5-1-2-6(8)4-3-5/h1-10H;1-4H. The molecule has 2 aromatic carbocycles. The maximum atomic E-state index is 11.8. The Hall–Kier alpha value is -3.40. The second-order valence-corrected chi connectivity index (χ2v) is 4.86. The molecule has 0 spiro atoms. The summed E-state index contributed by atoms with van der Waals surface area (Å²) >= 11 is 0. The van der Waals surface area contributed by atoms with Gasteiger partial charge in [-0.15, -0.1) is 0 Å². The molecular formula is C20H14O4. The predicted molar refractivity (Wildman–Crippen MR) is 89.8 cm³/mol. The van der Waals surface area contributed by atoms with Gasteiger partial charge in [0.05, 0.1) is 0 Å². The third-order valence-electron chi connectivity index (χ3n) is 3.10. The number of hydrogen-bond acceptors (Lipinski definition) is 4. The van der Waals surface area contributed by atoms with Crippen molar-refractivity contribution in [2.45, 2.75) is 0 Å². The second-order valence-electron chi connectivity index (χ2n) is 4.86. The molecule has 0 heterocycles. The number of carbonyl (C=O) groups is 4. The van der Waals surface area contributed by atoms with Gasteiger partial charge in [0.15, 0.2) is 11.6 Å². The fraction of sp³-hybridized carbons (Fsp3) is 0. The van der Waals surface area contributed by atoms with Gasteiger partial charge in [0.2, 0.25) is 11.6 Å². The van der Waals surface area contributed by atoms with Crippen molar-refractivity contribution < 1.29 is 19.2 Å². The van der Waals surface area contributed by atoms with Gasteiger partial charge in [-0.1, -0.05) is 60.7 Å². The first-order chi connectivity index (χ1) is 11.6. The maximum Gasteiger partial charge on any atom is 0.233 e. The van der Waals surface area contributed by atoms with Crippen molar-refractivity contribution in [3.63, 3.8) is 0 Å². The fourth-order valence-corrected chi connectivity index (χ4v) is 1.88. The van der Waals surface area contributed by atoms with Crippen LogP contribution in [-0.4, -0.2) is 23.1 Å². The Morgan fingerprint density at radius 1 is 0.500 bits per heavy atom. The molecule has 24 heavy (non-hydrogen) atoms. The van der Waals surface area contributed by atoms with E-state index >= 15 is 0 Å². The summed E-state index contributed by atoms with van der Waals surface area (Å²) in [6.45, 7) is 0. The molecule has 0 N–H and O–H groups in total. The molecule has 0 atom stereocenters. The van der Waals surface area contributed by atoms with E-state index in [0.717, 1.165) is 0 Å². The summed E-state index contributed by atoms with van der Waals surface area (Å²) in [5.74, 6) is -1.17. The predicted octanol–water partition coefficient (Wildman–Crippen LogP) is 3.00. The normalized spacial score (nSPS) is 12.3. The van der Waals surface area contributed by atoms with Gasteiger partial charge in [0.25, 0.3) is 0 Å². The van der Waals surface area contributed by atoms with Crippen LogP contribution in [0.15, 0.2) is 85.0 Å². The molecule has 118 valence electrons. The van der Waals surface area contributed by atoms with E-state index in [-0.39, 0.29) is 11.6 Å². The summed E-state index contributed by atoms with van der Waals surface area (Å²) < 4.78 is 0. The molecule has 4 heteroatoms.